The van der Waals surface area contributed by atoms with E-state index in [4.69, 9.17) is 0 Å². The topological polar surface area (TPSA) is 30.0 Å². The molecular weight excluding hydrogens is 258 g/mol. The molecule has 0 bridgehead atoms. The molecule has 1 heterocycles. The average molecular weight is 285 g/mol. The molecule has 21 heavy (non-hydrogen) atoms. The number of allylic oxidation sites excluding steroid dienone is 2. The molecule has 2 heteroatoms. The lowest BCUT2D eigenvalue weighted by atomic mass is 9.84. The number of unbranched alkanes of at least 4 members (excludes halogenated alkanes) is 3. The molecule has 0 amide bonds. The van der Waals surface area contributed by atoms with Gasteiger partial charge in [0.05, 0.1) is 5.69 Å². The van der Waals surface area contributed by atoms with Crippen LogP contribution in [0.4, 0.5) is 0 Å². The van der Waals surface area contributed by atoms with E-state index in [-0.39, 0.29) is 5.92 Å². The molecule has 1 aromatic rings. The number of pyridine rings is 1. The van der Waals surface area contributed by atoms with Gasteiger partial charge in [-0.3, -0.25) is 9.78 Å². The zero-order valence-electron chi connectivity index (χ0n) is 13.2. The third-order valence-electron chi connectivity index (χ3n) is 4.34. The van der Waals surface area contributed by atoms with Gasteiger partial charge in [-0.15, -0.1) is 0 Å². The van der Waals surface area contributed by atoms with Crippen molar-refractivity contribution in [1.29, 1.82) is 0 Å². The normalized spacial score (nSPS) is 22.2. The summed E-state index contributed by atoms with van der Waals surface area (Å²) < 4.78 is 0. The summed E-state index contributed by atoms with van der Waals surface area (Å²) in [5, 5.41) is 0. The lowest BCUT2D eigenvalue weighted by Gasteiger charge is -2.19. The predicted octanol–water partition coefficient (Wildman–Crippen LogP) is 5.19. The van der Waals surface area contributed by atoms with Gasteiger partial charge in [0.25, 0.3) is 0 Å². The van der Waals surface area contributed by atoms with Crippen molar-refractivity contribution in [1.82, 2.24) is 4.98 Å². The van der Waals surface area contributed by atoms with Crippen molar-refractivity contribution >= 4 is 11.4 Å². The summed E-state index contributed by atoms with van der Waals surface area (Å²) in [4.78, 5) is 17.2. The van der Waals surface area contributed by atoms with Gasteiger partial charge in [-0.25, -0.2) is 0 Å². The Morgan fingerprint density at radius 3 is 2.86 bits per heavy atom. The van der Waals surface area contributed by atoms with Gasteiger partial charge >= 0.3 is 0 Å². The number of Topliss-reactive ketones (excluding diaryl/α,β-unsaturated/α-hetero) is 1. The van der Waals surface area contributed by atoms with E-state index in [0.29, 0.717) is 5.78 Å². The third-order valence-corrected chi connectivity index (χ3v) is 4.34. The highest BCUT2D eigenvalue weighted by atomic mass is 16.1. The van der Waals surface area contributed by atoms with E-state index in [2.05, 4.69) is 18.0 Å². The molecule has 1 aliphatic rings. The highest BCUT2D eigenvalue weighted by Gasteiger charge is 2.24. The molecular formula is C19H27NO. The Balaban J connectivity index is 2.07. The number of hydrogen-bond acceptors (Lipinski definition) is 2. The molecule has 0 spiro atoms. The molecule has 2 rings (SSSR count). The number of ketones is 1. The SMILES string of the molecule is CCCCCCC1CCCC/C=C(/c2ccccn2)C1=O. The highest BCUT2D eigenvalue weighted by Crippen LogP contribution is 2.28. The van der Waals surface area contributed by atoms with Crippen LogP contribution in [0.25, 0.3) is 5.57 Å². The largest absolute Gasteiger partial charge is 0.294 e. The Hall–Kier alpha value is -1.44. The van der Waals surface area contributed by atoms with E-state index < -0.39 is 0 Å². The number of rotatable bonds is 6. The van der Waals surface area contributed by atoms with Crippen molar-refractivity contribution in [3.05, 3.63) is 36.2 Å². The molecule has 114 valence electrons. The molecule has 0 radical (unpaired) electrons. The Bertz CT molecular complexity index is 464. The van der Waals surface area contributed by atoms with E-state index in [1.165, 1.54) is 38.5 Å². The van der Waals surface area contributed by atoms with Crippen molar-refractivity contribution in [2.24, 2.45) is 5.92 Å². The molecule has 1 aromatic heterocycles. The second kappa shape index (κ2) is 8.76. The lowest BCUT2D eigenvalue weighted by Crippen LogP contribution is -2.18. The molecule has 2 nitrogen and oxygen atoms in total. The minimum Gasteiger partial charge on any atom is -0.294 e. The van der Waals surface area contributed by atoms with Crippen LogP contribution in [0.3, 0.4) is 0 Å². The number of aromatic nitrogens is 1. The standard InChI is InChI=1S/C19H27NO/c1-2-3-4-6-11-16-12-7-5-8-13-17(19(16)21)18-14-9-10-15-20-18/h9-10,13-16H,2-8,11-12H2,1H3/b17-13-. The van der Waals surface area contributed by atoms with Crippen LogP contribution < -0.4 is 0 Å². The second-order valence-electron chi connectivity index (χ2n) is 6.03. The van der Waals surface area contributed by atoms with E-state index in [0.717, 1.165) is 30.5 Å². The molecule has 1 aliphatic carbocycles. The summed E-state index contributed by atoms with van der Waals surface area (Å²) in [5.74, 6) is 0.528. The van der Waals surface area contributed by atoms with Crippen LogP contribution in [0.5, 0.6) is 0 Å². The van der Waals surface area contributed by atoms with Crippen LogP contribution in [0.2, 0.25) is 0 Å². The molecule has 0 aromatic carbocycles. The van der Waals surface area contributed by atoms with E-state index in [9.17, 15) is 4.79 Å². The molecule has 0 aliphatic heterocycles. The quantitative estimate of drug-likeness (QED) is 0.673. The van der Waals surface area contributed by atoms with Crippen molar-refractivity contribution in [2.45, 2.75) is 64.7 Å². The first-order chi connectivity index (χ1) is 10.3. The summed E-state index contributed by atoms with van der Waals surface area (Å²) in [5.41, 5.74) is 1.71. The predicted molar refractivity (Wildman–Crippen MR) is 87.9 cm³/mol. The Labute approximate surface area is 128 Å². The van der Waals surface area contributed by atoms with Crippen LogP contribution in [-0.2, 0) is 4.79 Å². The van der Waals surface area contributed by atoms with Crippen LogP contribution in [0.15, 0.2) is 30.5 Å². The van der Waals surface area contributed by atoms with Gasteiger partial charge < -0.3 is 0 Å². The lowest BCUT2D eigenvalue weighted by molar-refractivity contribution is -0.117. The summed E-state index contributed by atoms with van der Waals surface area (Å²) in [6.07, 6.45) is 14.3. The zero-order chi connectivity index (χ0) is 14.9. The Kier molecular flexibility index (Phi) is 6.65. The Morgan fingerprint density at radius 1 is 1.19 bits per heavy atom. The van der Waals surface area contributed by atoms with Crippen molar-refractivity contribution in [3.63, 3.8) is 0 Å². The first-order valence-electron chi connectivity index (χ1n) is 8.48. The number of carbonyl (C=O) groups is 1. The fourth-order valence-electron chi connectivity index (χ4n) is 3.08. The molecule has 1 atom stereocenters. The number of carbonyl (C=O) groups excluding carboxylic acids is 1. The minimum atomic E-state index is 0.204. The number of nitrogens with zero attached hydrogens (tertiary/aromatic N) is 1. The van der Waals surface area contributed by atoms with Gasteiger partial charge in [-0.2, -0.15) is 0 Å². The maximum atomic E-state index is 12.9. The molecule has 0 saturated carbocycles. The first kappa shape index (κ1) is 15.9. The van der Waals surface area contributed by atoms with Gasteiger partial charge in [0.15, 0.2) is 5.78 Å². The van der Waals surface area contributed by atoms with Crippen LogP contribution >= 0.6 is 0 Å². The van der Waals surface area contributed by atoms with Crippen molar-refractivity contribution in [2.75, 3.05) is 0 Å². The van der Waals surface area contributed by atoms with Crippen molar-refractivity contribution in [3.8, 4) is 0 Å². The van der Waals surface area contributed by atoms with E-state index in [1.54, 1.807) is 6.20 Å². The number of hydrogen-bond donors (Lipinski definition) is 0. The average Bonchev–Trinajstić information content (AvgIpc) is 2.51. The Morgan fingerprint density at radius 2 is 2.10 bits per heavy atom. The summed E-state index contributed by atoms with van der Waals surface area (Å²) in [7, 11) is 0. The van der Waals surface area contributed by atoms with E-state index >= 15 is 0 Å². The van der Waals surface area contributed by atoms with Gasteiger partial charge in [0, 0.05) is 17.7 Å². The monoisotopic (exact) mass is 285 g/mol. The maximum absolute atomic E-state index is 12.9. The van der Waals surface area contributed by atoms with Crippen LogP contribution in [0, 0.1) is 5.92 Å². The third kappa shape index (κ3) is 4.80. The highest BCUT2D eigenvalue weighted by molar-refractivity contribution is 6.21. The van der Waals surface area contributed by atoms with Crippen LogP contribution in [0.1, 0.15) is 70.4 Å². The molecule has 0 N–H and O–H groups in total. The summed E-state index contributed by atoms with van der Waals surface area (Å²) in [6.45, 7) is 2.23. The van der Waals surface area contributed by atoms with Gasteiger partial charge in [0.2, 0.25) is 0 Å². The van der Waals surface area contributed by atoms with Gasteiger partial charge in [-0.1, -0.05) is 51.2 Å². The molecule has 0 fully saturated rings. The summed E-state index contributed by atoms with van der Waals surface area (Å²) >= 11 is 0. The first-order valence-corrected chi connectivity index (χ1v) is 8.48. The van der Waals surface area contributed by atoms with Crippen molar-refractivity contribution < 1.29 is 4.79 Å². The van der Waals surface area contributed by atoms with Gasteiger partial charge in [0.1, 0.15) is 0 Å². The minimum absolute atomic E-state index is 0.204. The fourth-order valence-corrected chi connectivity index (χ4v) is 3.08. The van der Waals surface area contributed by atoms with E-state index in [1.807, 2.05) is 18.2 Å². The molecule has 1 unspecified atom stereocenters. The zero-order valence-corrected chi connectivity index (χ0v) is 13.2. The smallest absolute Gasteiger partial charge is 0.167 e. The van der Waals surface area contributed by atoms with Gasteiger partial charge in [-0.05, 0) is 37.8 Å². The summed E-state index contributed by atoms with van der Waals surface area (Å²) in [6, 6.07) is 5.82. The fraction of sp³-hybridized carbons (Fsp3) is 0.579. The van der Waals surface area contributed by atoms with Crippen LogP contribution in [-0.4, -0.2) is 10.8 Å². The maximum Gasteiger partial charge on any atom is 0.167 e. The molecule has 0 saturated heterocycles. The second-order valence-corrected chi connectivity index (χ2v) is 6.03.